The predicted octanol–water partition coefficient (Wildman–Crippen LogP) is 4.91. The van der Waals surface area contributed by atoms with Crippen molar-refractivity contribution in [3.63, 3.8) is 0 Å². The maximum absolute atomic E-state index is 14.7. The molecule has 3 atom stereocenters. The number of carbonyl (C=O) groups excluding carboxylic acids is 3. The highest BCUT2D eigenvalue weighted by Crippen LogP contribution is 2.59. The third kappa shape index (κ3) is 5.57. The molecule has 0 aliphatic carbocycles. The first-order chi connectivity index (χ1) is 20.0. The zero-order valence-corrected chi connectivity index (χ0v) is 25.9. The van der Waals surface area contributed by atoms with Gasteiger partial charge in [0.2, 0.25) is 21.8 Å². The van der Waals surface area contributed by atoms with Gasteiger partial charge in [0.05, 0.1) is 12.3 Å². The standard InChI is InChI=1S/C30H28Cl2FN3O6S/c1-15-5-8-18(33)13-19(15)26-30(21-9-6-17(32)12-23(21)34-28(30)39)22(14-25(37)35-26)20-11-16(31)7-10-24(20)42-29(2,3)27(38)36-43(4,40)41/h5-13,22,26H,14H2,1-4H3,(H,34,39)(H,35,37)(H,36,38)/t22-,26+,30?/m1/s1. The average molecular weight is 649 g/mol. The van der Waals surface area contributed by atoms with Crippen molar-refractivity contribution < 1.29 is 31.9 Å². The molecule has 43 heavy (non-hydrogen) atoms. The van der Waals surface area contributed by atoms with Gasteiger partial charge in [0.25, 0.3) is 5.91 Å². The highest BCUT2D eigenvalue weighted by molar-refractivity contribution is 7.89. The topological polar surface area (TPSA) is 131 Å². The lowest BCUT2D eigenvalue weighted by molar-refractivity contribution is -0.133. The molecule has 13 heteroatoms. The van der Waals surface area contributed by atoms with Gasteiger partial charge in [-0.3, -0.25) is 14.4 Å². The van der Waals surface area contributed by atoms with Crippen LogP contribution < -0.4 is 20.1 Å². The van der Waals surface area contributed by atoms with Crippen LogP contribution in [0.1, 0.15) is 54.5 Å². The van der Waals surface area contributed by atoms with Crippen LogP contribution in [-0.4, -0.2) is 38.0 Å². The lowest BCUT2D eigenvalue weighted by atomic mass is 9.59. The summed E-state index contributed by atoms with van der Waals surface area (Å²) >= 11 is 12.7. The Balaban J connectivity index is 1.76. The summed E-state index contributed by atoms with van der Waals surface area (Å²) in [6.45, 7) is 4.52. The van der Waals surface area contributed by atoms with E-state index in [2.05, 4.69) is 10.6 Å². The van der Waals surface area contributed by atoms with Crippen LogP contribution in [0.2, 0.25) is 10.0 Å². The maximum atomic E-state index is 14.7. The van der Waals surface area contributed by atoms with Crippen LogP contribution in [0.15, 0.2) is 54.6 Å². The molecule has 2 heterocycles. The Morgan fingerprint density at radius 2 is 1.72 bits per heavy atom. The minimum absolute atomic E-state index is 0.0991. The van der Waals surface area contributed by atoms with E-state index in [1.807, 2.05) is 4.72 Å². The van der Waals surface area contributed by atoms with Gasteiger partial charge in [-0.05, 0) is 79.9 Å². The molecule has 0 aromatic heterocycles. The average Bonchev–Trinajstić information content (AvgIpc) is 3.17. The van der Waals surface area contributed by atoms with E-state index in [0.29, 0.717) is 33.0 Å². The van der Waals surface area contributed by atoms with Crippen LogP contribution in [0, 0.1) is 12.7 Å². The molecule has 0 bridgehead atoms. The van der Waals surface area contributed by atoms with Crippen LogP contribution in [0.3, 0.4) is 0 Å². The number of halogens is 3. The Labute approximate surface area is 258 Å². The van der Waals surface area contributed by atoms with Crippen LogP contribution in [0.4, 0.5) is 10.1 Å². The summed E-state index contributed by atoms with van der Waals surface area (Å²) in [6.07, 6.45) is 0.642. The normalized spacial score (nSPS) is 21.7. The van der Waals surface area contributed by atoms with Gasteiger partial charge in [-0.25, -0.2) is 17.5 Å². The first-order valence-electron chi connectivity index (χ1n) is 13.2. The van der Waals surface area contributed by atoms with E-state index < -0.39 is 56.5 Å². The summed E-state index contributed by atoms with van der Waals surface area (Å²) in [4.78, 5) is 40.6. The molecular weight excluding hydrogens is 620 g/mol. The summed E-state index contributed by atoms with van der Waals surface area (Å²) in [6, 6.07) is 12.6. The number of sulfonamides is 1. The van der Waals surface area contributed by atoms with E-state index in [0.717, 1.165) is 6.26 Å². The zero-order valence-electron chi connectivity index (χ0n) is 23.5. The fourth-order valence-electron chi connectivity index (χ4n) is 5.94. The third-order valence-electron chi connectivity index (χ3n) is 7.84. The number of nitrogens with one attached hydrogen (secondary N) is 3. The molecule has 1 unspecified atom stereocenters. The van der Waals surface area contributed by atoms with Crippen molar-refractivity contribution in [3.05, 3.63) is 92.7 Å². The van der Waals surface area contributed by atoms with Crippen molar-refractivity contribution in [2.75, 3.05) is 11.6 Å². The van der Waals surface area contributed by atoms with Gasteiger partial charge >= 0.3 is 0 Å². The smallest absolute Gasteiger partial charge is 0.277 e. The Hall–Kier alpha value is -3.67. The van der Waals surface area contributed by atoms with Gasteiger partial charge < -0.3 is 15.4 Å². The van der Waals surface area contributed by atoms with E-state index >= 15 is 0 Å². The molecule has 3 amide bonds. The summed E-state index contributed by atoms with van der Waals surface area (Å²) in [5, 5.41) is 6.47. The number of amides is 3. The van der Waals surface area contributed by atoms with Crippen LogP contribution >= 0.6 is 23.2 Å². The fourth-order valence-corrected chi connectivity index (χ4v) is 6.88. The first kappa shape index (κ1) is 30.8. The fraction of sp³-hybridized carbons (Fsp3) is 0.300. The van der Waals surface area contributed by atoms with Crippen molar-refractivity contribution in [1.82, 2.24) is 10.0 Å². The van der Waals surface area contributed by atoms with Crippen molar-refractivity contribution in [1.29, 1.82) is 0 Å². The molecule has 3 N–H and O–H groups in total. The molecule has 5 rings (SSSR count). The number of hydrogen-bond acceptors (Lipinski definition) is 6. The number of aryl methyl sites for hydroxylation is 1. The molecule has 1 fully saturated rings. The first-order valence-corrected chi connectivity index (χ1v) is 15.8. The van der Waals surface area contributed by atoms with Crippen molar-refractivity contribution in [3.8, 4) is 5.75 Å². The number of ether oxygens (including phenoxy) is 1. The molecular formula is C30H28Cl2FN3O6S. The van der Waals surface area contributed by atoms with Crippen molar-refractivity contribution in [2.24, 2.45) is 0 Å². The van der Waals surface area contributed by atoms with E-state index in [1.165, 1.54) is 38.1 Å². The molecule has 0 saturated carbocycles. The second kappa shape index (κ2) is 10.8. The molecule has 1 saturated heterocycles. The zero-order chi connectivity index (χ0) is 31.5. The van der Waals surface area contributed by atoms with Crippen LogP contribution in [0.25, 0.3) is 0 Å². The van der Waals surface area contributed by atoms with E-state index in [9.17, 15) is 27.2 Å². The summed E-state index contributed by atoms with van der Waals surface area (Å²) in [7, 11) is -3.90. The van der Waals surface area contributed by atoms with Gasteiger partial charge in [-0.15, -0.1) is 0 Å². The Morgan fingerprint density at radius 1 is 1.05 bits per heavy atom. The number of benzene rings is 3. The number of hydrogen-bond donors (Lipinski definition) is 3. The molecule has 2 aliphatic rings. The van der Waals surface area contributed by atoms with Gasteiger partial charge in [0, 0.05) is 33.6 Å². The Morgan fingerprint density at radius 3 is 2.42 bits per heavy atom. The minimum atomic E-state index is -3.90. The monoisotopic (exact) mass is 647 g/mol. The van der Waals surface area contributed by atoms with E-state index in [1.54, 1.807) is 37.3 Å². The summed E-state index contributed by atoms with van der Waals surface area (Å²) < 4.78 is 46.3. The number of carbonyl (C=O) groups is 3. The number of rotatable bonds is 6. The van der Waals surface area contributed by atoms with Gasteiger partial charge in [0.1, 0.15) is 17.0 Å². The minimum Gasteiger partial charge on any atom is -0.478 e. The molecule has 2 aliphatic heterocycles. The van der Waals surface area contributed by atoms with Crippen LogP contribution in [0.5, 0.6) is 5.75 Å². The van der Waals surface area contributed by atoms with Crippen molar-refractivity contribution in [2.45, 2.75) is 50.2 Å². The number of anilines is 1. The Bertz CT molecular complexity index is 1800. The molecule has 226 valence electrons. The molecule has 3 aromatic rings. The van der Waals surface area contributed by atoms with Gasteiger partial charge in [0.15, 0.2) is 5.60 Å². The third-order valence-corrected chi connectivity index (χ3v) is 8.87. The lowest BCUT2D eigenvalue weighted by Gasteiger charge is -2.47. The summed E-state index contributed by atoms with van der Waals surface area (Å²) in [5.74, 6) is -3.21. The second-order valence-electron chi connectivity index (χ2n) is 11.3. The molecule has 0 radical (unpaired) electrons. The number of piperidine rings is 1. The SMILES string of the molecule is Cc1ccc(F)cc1[C@@H]1NC(=O)C[C@H](c2cc(Cl)ccc2OC(C)(C)C(=O)NS(C)(=O)=O)C12C(=O)Nc1cc(Cl)ccc12. The highest BCUT2D eigenvalue weighted by atomic mass is 35.5. The van der Waals surface area contributed by atoms with Gasteiger partial charge in [-0.2, -0.15) is 0 Å². The number of fused-ring (bicyclic) bond motifs is 2. The van der Waals surface area contributed by atoms with E-state index in [-0.39, 0.29) is 17.2 Å². The second-order valence-corrected chi connectivity index (χ2v) is 13.9. The van der Waals surface area contributed by atoms with Crippen molar-refractivity contribution >= 4 is 56.6 Å². The van der Waals surface area contributed by atoms with Crippen LogP contribution in [-0.2, 0) is 29.8 Å². The highest BCUT2D eigenvalue weighted by Gasteiger charge is 2.62. The quantitative estimate of drug-likeness (QED) is 0.349. The largest absolute Gasteiger partial charge is 0.478 e. The maximum Gasteiger partial charge on any atom is 0.277 e. The summed E-state index contributed by atoms with van der Waals surface area (Å²) in [5.41, 5.74) is -0.960. The van der Waals surface area contributed by atoms with E-state index in [4.69, 9.17) is 27.9 Å². The predicted molar refractivity (Wildman–Crippen MR) is 160 cm³/mol. The molecule has 9 nitrogen and oxygen atoms in total. The van der Waals surface area contributed by atoms with Gasteiger partial charge in [-0.1, -0.05) is 35.3 Å². The molecule has 3 aromatic carbocycles. The molecule has 1 spiro atoms. The Kier molecular flexibility index (Phi) is 7.73. The lowest BCUT2D eigenvalue weighted by Crippen LogP contribution is -2.57.